The molecule has 3 rings (SSSR count). The van der Waals surface area contributed by atoms with Crippen molar-refractivity contribution in [2.24, 2.45) is 5.92 Å². The van der Waals surface area contributed by atoms with Crippen molar-refractivity contribution >= 4 is 17.0 Å². The van der Waals surface area contributed by atoms with Gasteiger partial charge in [0.15, 0.2) is 0 Å². The van der Waals surface area contributed by atoms with Crippen LogP contribution in [0.15, 0.2) is 24.3 Å². The molecule has 0 radical (unpaired) electrons. The normalized spacial score (nSPS) is 17.6. The second kappa shape index (κ2) is 8.62. The molecule has 0 amide bonds. The third-order valence-corrected chi connectivity index (χ3v) is 5.08. The molecule has 7 nitrogen and oxygen atoms in total. The van der Waals surface area contributed by atoms with Crippen molar-refractivity contribution in [2.75, 3.05) is 32.8 Å². The zero-order chi connectivity index (χ0) is 18.5. The fraction of sp³-hybridized carbons (Fsp3) is 0.579. The fourth-order valence-corrected chi connectivity index (χ4v) is 3.66. The van der Waals surface area contributed by atoms with E-state index in [1.165, 1.54) is 0 Å². The molecule has 7 heteroatoms. The summed E-state index contributed by atoms with van der Waals surface area (Å²) in [5.74, 6) is -0.392. The summed E-state index contributed by atoms with van der Waals surface area (Å²) in [6, 6.07) is 7.42. The van der Waals surface area contributed by atoms with Crippen LogP contribution in [0.4, 0.5) is 0 Å². The molecule has 1 aliphatic rings. The molecule has 0 bridgehead atoms. The zero-order valence-corrected chi connectivity index (χ0v) is 15.2. The Morgan fingerprint density at radius 1 is 1.35 bits per heavy atom. The lowest BCUT2D eigenvalue weighted by Gasteiger charge is -2.34. The molecule has 2 N–H and O–H groups in total. The van der Waals surface area contributed by atoms with Gasteiger partial charge < -0.3 is 24.4 Å². The highest BCUT2D eigenvalue weighted by atomic mass is 16.5. The fourth-order valence-electron chi connectivity index (χ4n) is 3.66. The van der Waals surface area contributed by atoms with Gasteiger partial charge in [0.1, 0.15) is 18.5 Å². The summed E-state index contributed by atoms with van der Waals surface area (Å²) in [4.78, 5) is 18.2. The number of ether oxygens (including phenoxy) is 1. The number of hydrogen-bond acceptors (Lipinski definition) is 5. The smallest absolute Gasteiger partial charge is 0.323 e. The lowest BCUT2D eigenvalue weighted by atomic mass is 9.90. The molecular weight excluding hydrogens is 334 g/mol. The van der Waals surface area contributed by atoms with E-state index in [4.69, 9.17) is 4.74 Å². The van der Waals surface area contributed by atoms with Crippen molar-refractivity contribution in [1.29, 1.82) is 0 Å². The number of aliphatic carboxylic acids is 1. The topological polar surface area (TPSA) is 87.8 Å². The van der Waals surface area contributed by atoms with E-state index in [0.717, 1.165) is 56.7 Å². The molecule has 1 aromatic carbocycles. The van der Waals surface area contributed by atoms with Crippen LogP contribution in [-0.2, 0) is 16.1 Å². The number of para-hydroxylation sites is 2. The monoisotopic (exact) mass is 361 g/mol. The Morgan fingerprint density at radius 2 is 2.08 bits per heavy atom. The number of carboxylic acids is 1. The number of fused-ring (bicyclic) bond motifs is 1. The number of rotatable bonds is 8. The van der Waals surface area contributed by atoms with Crippen molar-refractivity contribution in [2.45, 2.75) is 32.4 Å². The van der Waals surface area contributed by atoms with Crippen LogP contribution >= 0.6 is 0 Å². The number of imidazole rings is 1. The Balaban J connectivity index is 1.72. The number of likely N-dealkylation sites (tertiary alicyclic amines) is 1. The highest BCUT2D eigenvalue weighted by Gasteiger charge is 2.30. The Hall–Kier alpha value is -1.96. The van der Waals surface area contributed by atoms with E-state index in [2.05, 4.69) is 9.88 Å². The highest BCUT2D eigenvalue weighted by molar-refractivity contribution is 5.78. The van der Waals surface area contributed by atoms with E-state index >= 15 is 0 Å². The predicted octanol–water partition coefficient (Wildman–Crippen LogP) is 1.90. The number of hydrogen-bond donors (Lipinski definition) is 2. The molecule has 0 aliphatic carbocycles. The van der Waals surface area contributed by atoms with Crippen LogP contribution in [0.5, 0.6) is 0 Å². The van der Waals surface area contributed by atoms with E-state index in [1.807, 2.05) is 31.2 Å². The number of aromatic nitrogens is 2. The van der Waals surface area contributed by atoms with Crippen LogP contribution in [0.3, 0.4) is 0 Å². The number of carbonyl (C=O) groups is 1. The zero-order valence-electron chi connectivity index (χ0n) is 15.2. The molecule has 26 heavy (non-hydrogen) atoms. The molecule has 1 aromatic heterocycles. The number of carboxylic acid groups (broad SMARTS) is 1. The van der Waals surface area contributed by atoms with Crippen LogP contribution < -0.4 is 0 Å². The molecule has 2 aromatic rings. The van der Waals surface area contributed by atoms with E-state index in [0.29, 0.717) is 5.82 Å². The van der Waals surface area contributed by atoms with Crippen molar-refractivity contribution in [1.82, 2.24) is 14.5 Å². The number of aliphatic hydroxyl groups excluding tert-OH is 1. The average molecular weight is 361 g/mol. The van der Waals surface area contributed by atoms with Gasteiger partial charge in [-0.3, -0.25) is 4.79 Å². The molecule has 142 valence electrons. The molecule has 0 spiro atoms. The van der Waals surface area contributed by atoms with Gasteiger partial charge in [-0.25, -0.2) is 4.98 Å². The molecule has 1 saturated heterocycles. The van der Waals surface area contributed by atoms with Crippen molar-refractivity contribution in [3.05, 3.63) is 30.1 Å². The summed E-state index contributed by atoms with van der Waals surface area (Å²) >= 11 is 0. The molecular formula is C19H27N3O4. The minimum Gasteiger partial charge on any atom is -0.480 e. The minimum absolute atomic E-state index is 0.0858. The summed E-state index contributed by atoms with van der Waals surface area (Å²) in [5, 5.41) is 20.2. The lowest BCUT2D eigenvalue weighted by molar-refractivity contribution is -0.137. The second-order valence-electron chi connectivity index (χ2n) is 6.76. The average Bonchev–Trinajstić information content (AvgIpc) is 3.00. The summed E-state index contributed by atoms with van der Waals surface area (Å²) in [6.07, 6.45) is 0.975. The van der Waals surface area contributed by atoms with Crippen LogP contribution in [-0.4, -0.2) is 63.5 Å². The van der Waals surface area contributed by atoms with Gasteiger partial charge in [-0.1, -0.05) is 12.1 Å². The van der Waals surface area contributed by atoms with Gasteiger partial charge >= 0.3 is 5.97 Å². The Bertz CT molecular complexity index is 737. The largest absolute Gasteiger partial charge is 0.480 e. The Kier molecular flexibility index (Phi) is 6.24. The SMILES string of the molecule is CCOCCN1CCC(C(O)c2nc3ccccc3n2CC(=O)O)CC1. The number of piperidine rings is 1. The van der Waals surface area contributed by atoms with E-state index in [-0.39, 0.29) is 12.5 Å². The van der Waals surface area contributed by atoms with Crippen molar-refractivity contribution in [3.8, 4) is 0 Å². The number of nitrogens with zero attached hydrogens (tertiary/aromatic N) is 3. The van der Waals surface area contributed by atoms with E-state index in [9.17, 15) is 15.0 Å². The maximum Gasteiger partial charge on any atom is 0.323 e. The third kappa shape index (κ3) is 4.23. The first-order valence-corrected chi connectivity index (χ1v) is 9.25. The first-order valence-electron chi connectivity index (χ1n) is 9.25. The number of benzene rings is 1. The predicted molar refractivity (Wildman–Crippen MR) is 98.0 cm³/mol. The summed E-state index contributed by atoms with van der Waals surface area (Å²) < 4.78 is 7.04. The van der Waals surface area contributed by atoms with E-state index in [1.54, 1.807) is 4.57 Å². The van der Waals surface area contributed by atoms with Gasteiger partial charge in [0.25, 0.3) is 0 Å². The third-order valence-electron chi connectivity index (χ3n) is 5.08. The van der Waals surface area contributed by atoms with Gasteiger partial charge in [-0.15, -0.1) is 0 Å². The van der Waals surface area contributed by atoms with Crippen LogP contribution in [0.1, 0.15) is 31.7 Å². The lowest BCUT2D eigenvalue weighted by Crippen LogP contribution is -2.38. The second-order valence-corrected chi connectivity index (χ2v) is 6.76. The van der Waals surface area contributed by atoms with Crippen LogP contribution in [0.2, 0.25) is 0 Å². The van der Waals surface area contributed by atoms with E-state index < -0.39 is 12.1 Å². The van der Waals surface area contributed by atoms with Crippen molar-refractivity contribution in [3.63, 3.8) is 0 Å². The maximum absolute atomic E-state index is 11.3. The van der Waals surface area contributed by atoms with Gasteiger partial charge in [0.05, 0.1) is 17.6 Å². The molecule has 2 heterocycles. The van der Waals surface area contributed by atoms with Gasteiger partial charge in [0, 0.05) is 13.2 Å². The quantitative estimate of drug-likeness (QED) is 0.698. The number of aliphatic hydroxyl groups is 1. The molecule has 1 atom stereocenters. The first kappa shape index (κ1) is 18.8. The van der Waals surface area contributed by atoms with Gasteiger partial charge in [-0.05, 0) is 50.9 Å². The van der Waals surface area contributed by atoms with Crippen LogP contribution in [0.25, 0.3) is 11.0 Å². The van der Waals surface area contributed by atoms with Gasteiger partial charge in [-0.2, -0.15) is 0 Å². The summed E-state index contributed by atoms with van der Waals surface area (Å²) in [7, 11) is 0. The summed E-state index contributed by atoms with van der Waals surface area (Å²) in [5.41, 5.74) is 1.47. The standard InChI is InChI=1S/C19H27N3O4/c1-2-26-12-11-21-9-7-14(8-10-21)18(25)19-20-15-5-3-4-6-16(15)22(19)13-17(23)24/h3-6,14,18,25H,2,7-13H2,1H3,(H,23,24). The highest BCUT2D eigenvalue weighted by Crippen LogP contribution is 2.32. The maximum atomic E-state index is 11.3. The Labute approximate surface area is 153 Å². The van der Waals surface area contributed by atoms with Crippen molar-refractivity contribution < 1.29 is 19.7 Å². The van der Waals surface area contributed by atoms with Gasteiger partial charge in [0.2, 0.25) is 0 Å². The molecule has 1 aliphatic heterocycles. The molecule has 1 fully saturated rings. The summed E-state index contributed by atoms with van der Waals surface area (Å²) in [6.45, 7) is 6.00. The van der Waals surface area contributed by atoms with Crippen LogP contribution in [0, 0.1) is 5.92 Å². The Morgan fingerprint density at radius 3 is 2.77 bits per heavy atom. The first-order chi connectivity index (χ1) is 12.6. The molecule has 0 saturated carbocycles. The minimum atomic E-state index is -0.938. The molecule has 1 unspecified atom stereocenters.